The maximum atomic E-state index is 13.3. The summed E-state index contributed by atoms with van der Waals surface area (Å²) in [6.45, 7) is 1.95. The number of nitrogens with zero attached hydrogens (tertiary/aromatic N) is 2. The molecule has 27 heavy (non-hydrogen) atoms. The maximum Gasteiger partial charge on any atom is 0.325 e. The summed E-state index contributed by atoms with van der Waals surface area (Å²) in [5, 5.41) is 3.76. The van der Waals surface area contributed by atoms with Gasteiger partial charge >= 0.3 is 6.03 Å². The van der Waals surface area contributed by atoms with Gasteiger partial charge in [-0.3, -0.25) is 14.7 Å². The number of carbonyl (C=O) groups excluding carboxylic acids is 2. The molecule has 4 rings (SSSR count). The van der Waals surface area contributed by atoms with Crippen LogP contribution in [0, 0.1) is 5.82 Å². The van der Waals surface area contributed by atoms with Gasteiger partial charge < -0.3 is 5.32 Å². The molecular weight excluding hydrogens is 345 g/mol. The summed E-state index contributed by atoms with van der Waals surface area (Å²) in [6, 6.07) is 14.7. The number of para-hydroxylation sites is 1. The molecule has 1 unspecified atom stereocenters. The topological polar surface area (TPSA) is 62.3 Å². The molecule has 0 radical (unpaired) electrons. The normalized spacial score (nSPS) is 19.6. The number of aromatic nitrogens is 1. The van der Waals surface area contributed by atoms with Crippen molar-refractivity contribution in [3.8, 4) is 0 Å². The first-order valence-corrected chi connectivity index (χ1v) is 8.78. The lowest BCUT2D eigenvalue weighted by Gasteiger charge is -2.25. The number of fused-ring (bicyclic) bond motifs is 1. The fourth-order valence-corrected chi connectivity index (χ4v) is 3.61. The molecule has 0 saturated carbocycles. The van der Waals surface area contributed by atoms with E-state index in [1.54, 1.807) is 18.3 Å². The van der Waals surface area contributed by atoms with Crippen LogP contribution in [0.3, 0.4) is 0 Å². The van der Waals surface area contributed by atoms with Crippen LogP contribution in [0.2, 0.25) is 0 Å². The van der Waals surface area contributed by atoms with Gasteiger partial charge in [-0.2, -0.15) is 0 Å². The Morgan fingerprint density at radius 3 is 2.56 bits per heavy atom. The third-order valence-corrected chi connectivity index (χ3v) is 5.09. The Morgan fingerprint density at radius 1 is 1.07 bits per heavy atom. The van der Waals surface area contributed by atoms with Crippen LogP contribution in [0.5, 0.6) is 0 Å². The number of halogens is 1. The van der Waals surface area contributed by atoms with Crippen LogP contribution in [-0.2, 0) is 16.9 Å². The predicted molar refractivity (Wildman–Crippen MR) is 99.2 cm³/mol. The maximum absolute atomic E-state index is 13.3. The molecule has 1 atom stereocenters. The van der Waals surface area contributed by atoms with E-state index in [1.165, 1.54) is 17.0 Å². The molecule has 3 aromatic rings. The van der Waals surface area contributed by atoms with Gasteiger partial charge in [-0.05, 0) is 35.7 Å². The van der Waals surface area contributed by atoms with Crippen LogP contribution in [0.15, 0.2) is 60.8 Å². The van der Waals surface area contributed by atoms with Gasteiger partial charge in [-0.15, -0.1) is 0 Å². The molecule has 0 spiro atoms. The number of rotatable bonds is 4. The van der Waals surface area contributed by atoms with E-state index in [2.05, 4.69) is 10.3 Å². The molecule has 1 aliphatic heterocycles. The molecule has 1 aliphatic rings. The summed E-state index contributed by atoms with van der Waals surface area (Å²) >= 11 is 0. The molecule has 6 heteroatoms. The number of hydrogen-bond donors (Lipinski definition) is 1. The molecule has 5 nitrogen and oxygen atoms in total. The zero-order valence-electron chi connectivity index (χ0n) is 14.8. The zero-order chi connectivity index (χ0) is 19.0. The quantitative estimate of drug-likeness (QED) is 0.719. The highest BCUT2D eigenvalue weighted by atomic mass is 19.1. The Labute approximate surface area is 155 Å². The van der Waals surface area contributed by atoms with Gasteiger partial charge in [0.25, 0.3) is 5.91 Å². The Kier molecular flexibility index (Phi) is 4.11. The monoisotopic (exact) mass is 363 g/mol. The average Bonchev–Trinajstić information content (AvgIpc) is 2.94. The van der Waals surface area contributed by atoms with Crippen LogP contribution in [-0.4, -0.2) is 21.8 Å². The number of pyridine rings is 1. The standard InChI is InChI=1S/C21H18FN3O2/c1-2-21(16-8-10-17(22)11-9-16)19(26)25(20(27)24-21)13-15-6-3-5-14-7-4-12-23-18(14)15/h3-12H,2,13H2,1H3,(H,24,27). The zero-order valence-corrected chi connectivity index (χ0v) is 14.8. The Morgan fingerprint density at radius 2 is 1.81 bits per heavy atom. The first-order valence-electron chi connectivity index (χ1n) is 8.78. The van der Waals surface area contributed by atoms with E-state index < -0.39 is 11.6 Å². The number of carbonyl (C=O) groups is 2. The summed E-state index contributed by atoms with van der Waals surface area (Å²) < 4.78 is 13.3. The van der Waals surface area contributed by atoms with Crippen molar-refractivity contribution < 1.29 is 14.0 Å². The van der Waals surface area contributed by atoms with Crippen molar-refractivity contribution in [1.29, 1.82) is 0 Å². The van der Waals surface area contributed by atoms with Crippen molar-refractivity contribution in [2.24, 2.45) is 0 Å². The third kappa shape index (κ3) is 2.73. The van der Waals surface area contributed by atoms with E-state index in [4.69, 9.17) is 0 Å². The smallest absolute Gasteiger partial charge is 0.319 e. The highest BCUT2D eigenvalue weighted by Crippen LogP contribution is 2.33. The van der Waals surface area contributed by atoms with Crippen molar-refractivity contribution in [1.82, 2.24) is 15.2 Å². The number of hydrogen-bond acceptors (Lipinski definition) is 3. The minimum atomic E-state index is -1.18. The van der Waals surface area contributed by atoms with E-state index >= 15 is 0 Å². The summed E-state index contributed by atoms with van der Waals surface area (Å²) in [7, 11) is 0. The van der Waals surface area contributed by atoms with Gasteiger partial charge in [-0.1, -0.05) is 43.3 Å². The van der Waals surface area contributed by atoms with Gasteiger partial charge in [0.2, 0.25) is 0 Å². The summed E-state index contributed by atoms with van der Waals surface area (Å²) in [6.07, 6.45) is 2.06. The van der Waals surface area contributed by atoms with Crippen molar-refractivity contribution in [2.45, 2.75) is 25.4 Å². The van der Waals surface area contributed by atoms with Crippen LogP contribution < -0.4 is 5.32 Å². The molecule has 1 aromatic heterocycles. The van der Waals surface area contributed by atoms with E-state index in [0.29, 0.717) is 12.0 Å². The van der Waals surface area contributed by atoms with Crippen LogP contribution >= 0.6 is 0 Å². The van der Waals surface area contributed by atoms with Gasteiger partial charge in [0, 0.05) is 11.6 Å². The molecule has 1 saturated heterocycles. The molecule has 1 fully saturated rings. The van der Waals surface area contributed by atoms with E-state index in [1.807, 2.05) is 37.3 Å². The third-order valence-electron chi connectivity index (χ3n) is 5.09. The Hall–Kier alpha value is -3.28. The van der Waals surface area contributed by atoms with Crippen LogP contribution in [0.1, 0.15) is 24.5 Å². The molecule has 3 amide bonds. The Bertz CT molecular complexity index is 1030. The summed E-state index contributed by atoms with van der Waals surface area (Å²) in [4.78, 5) is 31.5. The lowest BCUT2D eigenvalue weighted by Crippen LogP contribution is -2.43. The highest BCUT2D eigenvalue weighted by Gasteiger charge is 2.51. The van der Waals surface area contributed by atoms with E-state index in [9.17, 15) is 14.0 Å². The number of nitrogens with one attached hydrogen (secondary N) is 1. The lowest BCUT2D eigenvalue weighted by atomic mass is 9.87. The molecule has 0 aliphatic carbocycles. The fourth-order valence-electron chi connectivity index (χ4n) is 3.61. The molecule has 2 aromatic carbocycles. The molecule has 2 heterocycles. The highest BCUT2D eigenvalue weighted by molar-refractivity contribution is 6.07. The van der Waals surface area contributed by atoms with Gasteiger partial charge in [-0.25, -0.2) is 9.18 Å². The van der Waals surface area contributed by atoms with Crippen LogP contribution in [0.25, 0.3) is 10.9 Å². The van der Waals surface area contributed by atoms with Crippen LogP contribution in [0.4, 0.5) is 9.18 Å². The summed E-state index contributed by atoms with van der Waals surface area (Å²) in [5.41, 5.74) is 0.949. The largest absolute Gasteiger partial charge is 0.325 e. The average molecular weight is 363 g/mol. The lowest BCUT2D eigenvalue weighted by molar-refractivity contribution is -0.132. The van der Waals surface area contributed by atoms with Crippen molar-refractivity contribution in [3.63, 3.8) is 0 Å². The number of amides is 3. The number of benzene rings is 2. The SMILES string of the molecule is CCC1(c2ccc(F)cc2)NC(=O)N(Cc2cccc3cccnc23)C1=O. The molecule has 136 valence electrons. The fraction of sp³-hybridized carbons (Fsp3) is 0.190. The van der Waals surface area contributed by atoms with Gasteiger partial charge in [0.1, 0.15) is 11.4 Å². The Balaban J connectivity index is 1.71. The van der Waals surface area contributed by atoms with E-state index in [-0.39, 0.29) is 18.3 Å². The molecule has 0 bridgehead atoms. The summed E-state index contributed by atoms with van der Waals surface area (Å²) in [5.74, 6) is -0.727. The first kappa shape index (κ1) is 17.1. The second-order valence-electron chi connectivity index (χ2n) is 6.58. The second-order valence-corrected chi connectivity index (χ2v) is 6.58. The molecular formula is C21H18FN3O2. The number of urea groups is 1. The van der Waals surface area contributed by atoms with Gasteiger partial charge in [0.05, 0.1) is 12.1 Å². The predicted octanol–water partition coefficient (Wildman–Crippen LogP) is 3.73. The molecule has 1 N–H and O–H groups in total. The minimum absolute atomic E-state index is 0.127. The van der Waals surface area contributed by atoms with Crippen molar-refractivity contribution in [2.75, 3.05) is 0 Å². The van der Waals surface area contributed by atoms with Gasteiger partial charge in [0.15, 0.2) is 0 Å². The van der Waals surface area contributed by atoms with E-state index in [0.717, 1.165) is 16.5 Å². The van der Waals surface area contributed by atoms with Crippen molar-refractivity contribution >= 4 is 22.8 Å². The first-order chi connectivity index (χ1) is 13.0. The minimum Gasteiger partial charge on any atom is -0.319 e. The van der Waals surface area contributed by atoms with Crippen molar-refractivity contribution in [3.05, 3.63) is 77.7 Å². The number of imide groups is 1. The second kappa shape index (κ2) is 6.46.